The fourth-order valence-electron chi connectivity index (χ4n) is 3.43. The van der Waals surface area contributed by atoms with Crippen molar-refractivity contribution < 1.29 is 24.1 Å². The molecule has 0 aromatic heterocycles. The Morgan fingerprint density at radius 2 is 1.28 bits per heavy atom. The van der Waals surface area contributed by atoms with E-state index in [1.807, 2.05) is 12.1 Å². The van der Waals surface area contributed by atoms with Crippen LogP contribution in [-0.4, -0.2) is 51.5 Å². The summed E-state index contributed by atoms with van der Waals surface area (Å²) in [6, 6.07) is 7.37. The molecule has 0 aliphatic rings. The number of hydrogen-bond acceptors (Lipinski definition) is 5. The zero-order chi connectivity index (χ0) is 21.2. The van der Waals surface area contributed by atoms with Gasteiger partial charge in [0.1, 0.15) is 5.75 Å². The number of phenolic OH excluding ortho intramolecular Hbond substituents is 1. The van der Waals surface area contributed by atoms with Crippen molar-refractivity contribution in [2.45, 2.75) is 76.9 Å². The standard InChI is InChI=1S/C24H42O5/c1-4-5-6-7-8-9-10-16-24(28-20-18-26-2,29-21-19-27-3)17-15-22-11-13-23(25)14-12-22/h11-14,25H,4-10,15-21H2,1-3H3. The number of rotatable bonds is 19. The van der Waals surface area contributed by atoms with Crippen molar-refractivity contribution in [3.05, 3.63) is 29.8 Å². The summed E-state index contributed by atoms with van der Waals surface area (Å²) >= 11 is 0. The molecule has 1 N–H and O–H groups in total. The summed E-state index contributed by atoms with van der Waals surface area (Å²) in [5, 5.41) is 9.51. The number of aryl methyl sites for hydroxylation is 1. The van der Waals surface area contributed by atoms with Crippen LogP contribution in [0.2, 0.25) is 0 Å². The van der Waals surface area contributed by atoms with Crippen LogP contribution in [0.3, 0.4) is 0 Å². The van der Waals surface area contributed by atoms with Crippen molar-refractivity contribution >= 4 is 0 Å². The third-order valence-electron chi connectivity index (χ3n) is 5.20. The Bertz CT molecular complexity index is 479. The Kier molecular flexibility index (Phi) is 14.9. The summed E-state index contributed by atoms with van der Waals surface area (Å²) in [6.45, 7) is 4.36. The van der Waals surface area contributed by atoms with Crippen LogP contribution in [0.1, 0.15) is 70.3 Å². The van der Waals surface area contributed by atoms with Gasteiger partial charge < -0.3 is 24.1 Å². The van der Waals surface area contributed by atoms with Crippen LogP contribution in [0.15, 0.2) is 24.3 Å². The topological polar surface area (TPSA) is 57.2 Å². The van der Waals surface area contributed by atoms with Crippen LogP contribution < -0.4 is 0 Å². The molecule has 5 nitrogen and oxygen atoms in total. The lowest BCUT2D eigenvalue weighted by Gasteiger charge is -2.34. The number of benzene rings is 1. The summed E-state index contributed by atoms with van der Waals surface area (Å²) < 4.78 is 22.9. The number of aromatic hydroxyl groups is 1. The first kappa shape index (κ1) is 25.9. The minimum atomic E-state index is -0.627. The Morgan fingerprint density at radius 3 is 1.83 bits per heavy atom. The largest absolute Gasteiger partial charge is 0.508 e. The highest BCUT2D eigenvalue weighted by atomic mass is 16.7. The van der Waals surface area contributed by atoms with Crippen molar-refractivity contribution in [1.29, 1.82) is 0 Å². The van der Waals surface area contributed by atoms with Gasteiger partial charge in [0.2, 0.25) is 0 Å². The van der Waals surface area contributed by atoms with Gasteiger partial charge >= 0.3 is 0 Å². The van der Waals surface area contributed by atoms with Crippen molar-refractivity contribution in [2.24, 2.45) is 0 Å². The van der Waals surface area contributed by atoms with Crippen LogP contribution in [0, 0.1) is 0 Å². The highest BCUT2D eigenvalue weighted by Gasteiger charge is 2.31. The molecule has 0 atom stereocenters. The Morgan fingerprint density at radius 1 is 0.724 bits per heavy atom. The van der Waals surface area contributed by atoms with Gasteiger partial charge in [-0.2, -0.15) is 0 Å². The van der Waals surface area contributed by atoms with E-state index in [0.717, 1.165) is 31.2 Å². The first-order valence-electron chi connectivity index (χ1n) is 11.2. The third-order valence-corrected chi connectivity index (χ3v) is 5.20. The predicted molar refractivity (Wildman–Crippen MR) is 117 cm³/mol. The molecule has 0 radical (unpaired) electrons. The van der Waals surface area contributed by atoms with Crippen molar-refractivity contribution in [3.8, 4) is 5.75 Å². The molecule has 1 aromatic carbocycles. The average Bonchev–Trinajstić information content (AvgIpc) is 2.73. The van der Waals surface area contributed by atoms with E-state index < -0.39 is 5.79 Å². The van der Waals surface area contributed by atoms with Crippen LogP contribution in [0.5, 0.6) is 5.75 Å². The summed E-state index contributed by atoms with van der Waals surface area (Å²) in [7, 11) is 3.37. The van der Waals surface area contributed by atoms with E-state index >= 15 is 0 Å². The molecule has 0 aliphatic carbocycles. The van der Waals surface area contributed by atoms with Gasteiger partial charge in [-0.15, -0.1) is 0 Å². The Hall–Kier alpha value is -1.14. The van der Waals surface area contributed by atoms with Crippen molar-refractivity contribution in [1.82, 2.24) is 0 Å². The van der Waals surface area contributed by atoms with Crippen LogP contribution in [0.25, 0.3) is 0 Å². The number of methoxy groups -OCH3 is 2. The average molecular weight is 411 g/mol. The van der Waals surface area contributed by atoms with Crippen LogP contribution in [-0.2, 0) is 25.4 Å². The van der Waals surface area contributed by atoms with Gasteiger partial charge in [0, 0.05) is 27.1 Å². The molecule has 0 amide bonds. The molecular formula is C24H42O5. The fourth-order valence-corrected chi connectivity index (χ4v) is 3.43. The zero-order valence-electron chi connectivity index (χ0n) is 18.8. The molecule has 29 heavy (non-hydrogen) atoms. The maximum absolute atomic E-state index is 9.51. The summed E-state index contributed by atoms with van der Waals surface area (Å²) in [5.74, 6) is -0.339. The molecule has 0 heterocycles. The van der Waals surface area contributed by atoms with E-state index in [-0.39, 0.29) is 5.75 Å². The quantitative estimate of drug-likeness (QED) is 0.241. The molecule has 0 unspecified atom stereocenters. The molecule has 0 saturated carbocycles. The highest BCUT2D eigenvalue weighted by molar-refractivity contribution is 5.26. The molecule has 168 valence electrons. The van der Waals surface area contributed by atoms with E-state index in [0.29, 0.717) is 26.4 Å². The van der Waals surface area contributed by atoms with E-state index in [4.69, 9.17) is 18.9 Å². The Balaban J connectivity index is 2.66. The number of phenols is 1. The molecule has 0 aliphatic heterocycles. The smallest absolute Gasteiger partial charge is 0.168 e. The molecule has 5 heteroatoms. The molecule has 0 fully saturated rings. The summed E-state index contributed by atoms with van der Waals surface area (Å²) in [5.41, 5.74) is 1.16. The molecule has 1 rings (SSSR count). The first-order chi connectivity index (χ1) is 14.2. The number of hydrogen-bond donors (Lipinski definition) is 1. The normalized spacial score (nSPS) is 11.8. The van der Waals surface area contributed by atoms with Gasteiger partial charge in [-0.1, -0.05) is 57.6 Å². The van der Waals surface area contributed by atoms with Crippen LogP contribution >= 0.6 is 0 Å². The van der Waals surface area contributed by atoms with E-state index in [1.54, 1.807) is 26.4 Å². The lowest BCUT2D eigenvalue weighted by Crippen LogP contribution is -2.39. The minimum absolute atomic E-state index is 0.288. The number of unbranched alkanes of at least 4 members (excludes halogenated alkanes) is 6. The lowest BCUT2D eigenvalue weighted by atomic mass is 9.98. The lowest BCUT2D eigenvalue weighted by molar-refractivity contribution is -0.252. The molecule has 0 bridgehead atoms. The minimum Gasteiger partial charge on any atom is -0.508 e. The van der Waals surface area contributed by atoms with Crippen LogP contribution in [0.4, 0.5) is 0 Å². The summed E-state index contributed by atoms with van der Waals surface area (Å²) in [6.07, 6.45) is 11.3. The number of ether oxygens (including phenoxy) is 4. The molecular weight excluding hydrogens is 368 g/mol. The molecule has 1 aromatic rings. The van der Waals surface area contributed by atoms with Gasteiger partial charge in [0.05, 0.1) is 26.4 Å². The summed E-state index contributed by atoms with van der Waals surface area (Å²) in [4.78, 5) is 0. The second-order valence-corrected chi connectivity index (χ2v) is 7.63. The first-order valence-corrected chi connectivity index (χ1v) is 11.2. The van der Waals surface area contributed by atoms with Gasteiger partial charge in [-0.05, 0) is 30.5 Å². The van der Waals surface area contributed by atoms with E-state index in [1.165, 1.54) is 38.5 Å². The maximum Gasteiger partial charge on any atom is 0.168 e. The molecule has 0 saturated heterocycles. The monoisotopic (exact) mass is 410 g/mol. The third kappa shape index (κ3) is 12.2. The second kappa shape index (κ2) is 16.6. The van der Waals surface area contributed by atoms with E-state index in [2.05, 4.69) is 6.92 Å². The van der Waals surface area contributed by atoms with Gasteiger partial charge in [-0.3, -0.25) is 0 Å². The van der Waals surface area contributed by atoms with Gasteiger partial charge in [0.25, 0.3) is 0 Å². The van der Waals surface area contributed by atoms with Gasteiger partial charge in [-0.25, -0.2) is 0 Å². The maximum atomic E-state index is 9.51. The Labute approximate surface area is 177 Å². The zero-order valence-corrected chi connectivity index (χ0v) is 18.8. The predicted octanol–water partition coefficient (Wildman–Crippen LogP) is 5.49. The van der Waals surface area contributed by atoms with Gasteiger partial charge in [0.15, 0.2) is 5.79 Å². The highest BCUT2D eigenvalue weighted by Crippen LogP contribution is 2.28. The fraction of sp³-hybridized carbons (Fsp3) is 0.750. The second-order valence-electron chi connectivity index (χ2n) is 7.63. The van der Waals surface area contributed by atoms with Crippen molar-refractivity contribution in [2.75, 3.05) is 40.6 Å². The van der Waals surface area contributed by atoms with E-state index in [9.17, 15) is 5.11 Å². The SMILES string of the molecule is CCCCCCCCCC(CCc1ccc(O)cc1)(OCCOC)OCCOC. The molecule has 0 spiro atoms. The van der Waals surface area contributed by atoms with Crippen molar-refractivity contribution in [3.63, 3.8) is 0 Å².